The van der Waals surface area contributed by atoms with Gasteiger partial charge in [0.15, 0.2) is 0 Å². The van der Waals surface area contributed by atoms with Gasteiger partial charge in [0, 0.05) is 11.3 Å². The summed E-state index contributed by atoms with van der Waals surface area (Å²) in [4.78, 5) is 12.8. The molecule has 0 fully saturated rings. The molecule has 1 unspecified atom stereocenters. The van der Waals surface area contributed by atoms with Crippen LogP contribution in [0.2, 0.25) is 0 Å². The van der Waals surface area contributed by atoms with E-state index in [2.05, 4.69) is 0 Å². The lowest BCUT2D eigenvalue weighted by atomic mass is 10.1. The highest BCUT2D eigenvalue weighted by Crippen LogP contribution is 2.15. The molecule has 0 heterocycles. The fourth-order valence-electron chi connectivity index (χ4n) is 2.05. The molecule has 0 N–H and O–H groups in total. The van der Waals surface area contributed by atoms with E-state index >= 15 is 0 Å². The molecule has 3 heteroatoms. The van der Waals surface area contributed by atoms with Crippen LogP contribution in [-0.2, 0) is 22.0 Å². The van der Waals surface area contributed by atoms with E-state index in [0.717, 1.165) is 21.6 Å². The van der Waals surface area contributed by atoms with Gasteiger partial charge in [-0.05, 0) is 36.6 Å². The number of carbonyl (C=O) groups excluding carboxylic acids is 1. The Bertz CT molecular complexity index is 633. The molecule has 0 saturated carbocycles. The van der Waals surface area contributed by atoms with Crippen molar-refractivity contribution in [2.45, 2.75) is 25.2 Å². The lowest BCUT2D eigenvalue weighted by Crippen LogP contribution is -2.14. The summed E-state index contributed by atoms with van der Waals surface area (Å²) in [6.45, 7) is 3.89. The average Bonchev–Trinajstić information content (AvgIpc) is 2.42. The summed E-state index contributed by atoms with van der Waals surface area (Å²) in [5.74, 6) is 0.0922. The largest absolute Gasteiger partial charge is 0.298 e. The van der Waals surface area contributed by atoms with Gasteiger partial charge in [-0.2, -0.15) is 0 Å². The zero-order chi connectivity index (χ0) is 14.5. The van der Waals surface area contributed by atoms with Crippen LogP contribution in [0, 0.1) is 13.8 Å². The fraction of sp³-hybridized carbons (Fsp3) is 0.235. The van der Waals surface area contributed by atoms with Gasteiger partial charge in [0.2, 0.25) is 0 Å². The Balaban J connectivity index is 2.04. The van der Waals surface area contributed by atoms with E-state index in [1.165, 1.54) is 0 Å². The lowest BCUT2D eigenvalue weighted by molar-refractivity contribution is -0.116. The fourth-order valence-corrected chi connectivity index (χ4v) is 3.35. The van der Waals surface area contributed by atoms with Gasteiger partial charge in [-0.3, -0.25) is 9.00 Å². The number of hydrogen-bond donors (Lipinski definition) is 0. The second kappa shape index (κ2) is 6.62. The highest BCUT2D eigenvalue weighted by molar-refractivity contribution is 7.85. The maximum atomic E-state index is 12.3. The van der Waals surface area contributed by atoms with Crippen molar-refractivity contribution in [2.24, 2.45) is 0 Å². The van der Waals surface area contributed by atoms with Crippen LogP contribution in [0.4, 0.5) is 0 Å². The quantitative estimate of drug-likeness (QED) is 0.845. The number of rotatable bonds is 5. The first-order valence-electron chi connectivity index (χ1n) is 6.57. The molecule has 2 aromatic carbocycles. The molecule has 0 amide bonds. The number of benzene rings is 2. The van der Waals surface area contributed by atoms with Gasteiger partial charge in [-0.25, -0.2) is 0 Å². The third kappa shape index (κ3) is 3.87. The van der Waals surface area contributed by atoms with Crippen molar-refractivity contribution in [3.8, 4) is 0 Å². The molecule has 2 nitrogen and oxygen atoms in total. The minimum atomic E-state index is -1.26. The molecule has 2 rings (SSSR count). The SMILES string of the molecule is Cc1ccc(C)c(S(=O)CC(=O)Cc2ccccc2)c1. The minimum absolute atomic E-state index is 0.00967. The molecule has 104 valence electrons. The van der Waals surface area contributed by atoms with E-state index in [0.29, 0.717) is 6.42 Å². The van der Waals surface area contributed by atoms with Gasteiger partial charge in [-0.1, -0.05) is 42.5 Å². The van der Waals surface area contributed by atoms with Crippen molar-refractivity contribution < 1.29 is 9.00 Å². The highest BCUT2D eigenvalue weighted by atomic mass is 32.2. The summed E-state index contributed by atoms with van der Waals surface area (Å²) in [6, 6.07) is 15.4. The van der Waals surface area contributed by atoms with Crippen LogP contribution in [0.3, 0.4) is 0 Å². The monoisotopic (exact) mass is 286 g/mol. The third-order valence-corrected chi connectivity index (χ3v) is 4.64. The molecule has 0 radical (unpaired) electrons. The predicted octanol–water partition coefficient (Wildman–Crippen LogP) is 3.22. The Kier molecular flexibility index (Phi) is 4.85. The Hall–Kier alpha value is -1.74. The molecule has 0 bridgehead atoms. The van der Waals surface area contributed by atoms with E-state index in [1.807, 2.05) is 62.4 Å². The first-order valence-corrected chi connectivity index (χ1v) is 7.89. The van der Waals surface area contributed by atoms with Crippen LogP contribution in [0.15, 0.2) is 53.4 Å². The molecule has 0 aliphatic carbocycles. The van der Waals surface area contributed by atoms with Crippen molar-refractivity contribution >= 4 is 16.6 Å². The lowest BCUT2D eigenvalue weighted by Gasteiger charge is -2.07. The van der Waals surface area contributed by atoms with E-state index in [1.54, 1.807) is 0 Å². The van der Waals surface area contributed by atoms with Gasteiger partial charge in [0.25, 0.3) is 0 Å². The van der Waals surface area contributed by atoms with Crippen LogP contribution >= 0.6 is 0 Å². The molecule has 0 aromatic heterocycles. The van der Waals surface area contributed by atoms with E-state index in [-0.39, 0.29) is 11.5 Å². The maximum absolute atomic E-state index is 12.3. The van der Waals surface area contributed by atoms with Crippen molar-refractivity contribution in [1.29, 1.82) is 0 Å². The highest BCUT2D eigenvalue weighted by Gasteiger charge is 2.13. The van der Waals surface area contributed by atoms with Crippen molar-refractivity contribution in [3.05, 3.63) is 65.2 Å². The Morgan fingerprint density at radius 1 is 1.05 bits per heavy atom. The van der Waals surface area contributed by atoms with Crippen LogP contribution < -0.4 is 0 Å². The van der Waals surface area contributed by atoms with E-state index < -0.39 is 10.8 Å². The number of carbonyl (C=O) groups is 1. The molecular formula is C17H18O2S. The molecule has 0 aliphatic heterocycles. The minimum Gasteiger partial charge on any atom is -0.298 e. The zero-order valence-corrected chi connectivity index (χ0v) is 12.6. The predicted molar refractivity (Wildman–Crippen MR) is 82.3 cm³/mol. The summed E-state index contributed by atoms with van der Waals surface area (Å²) in [5, 5.41) is 0. The number of hydrogen-bond acceptors (Lipinski definition) is 2. The molecule has 2 aromatic rings. The van der Waals surface area contributed by atoms with Gasteiger partial charge >= 0.3 is 0 Å². The van der Waals surface area contributed by atoms with E-state index in [4.69, 9.17) is 0 Å². The maximum Gasteiger partial charge on any atom is 0.150 e. The van der Waals surface area contributed by atoms with Gasteiger partial charge in [0.1, 0.15) is 5.78 Å². The van der Waals surface area contributed by atoms with Gasteiger partial charge in [-0.15, -0.1) is 0 Å². The summed E-state index contributed by atoms with van der Waals surface area (Å²) in [5.41, 5.74) is 3.01. The number of ketones is 1. The Labute approximate surface area is 122 Å². The van der Waals surface area contributed by atoms with Gasteiger partial charge in [0.05, 0.1) is 16.6 Å². The first kappa shape index (κ1) is 14.7. The van der Waals surface area contributed by atoms with Crippen molar-refractivity contribution in [1.82, 2.24) is 0 Å². The summed E-state index contributed by atoms with van der Waals surface area (Å²) >= 11 is 0. The van der Waals surface area contributed by atoms with Crippen molar-refractivity contribution in [2.75, 3.05) is 5.75 Å². The second-order valence-electron chi connectivity index (χ2n) is 4.96. The zero-order valence-electron chi connectivity index (χ0n) is 11.8. The van der Waals surface area contributed by atoms with E-state index in [9.17, 15) is 9.00 Å². The summed E-state index contributed by atoms with van der Waals surface area (Å²) in [7, 11) is -1.26. The Morgan fingerprint density at radius 3 is 2.45 bits per heavy atom. The average molecular weight is 286 g/mol. The van der Waals surface area contributed by atoms with Crippen LogP contribution in [0.5, 0.6) is 0 Å². The van der Waals surface area contributed by atoms with Crippen LogP contribution in [-0.4, -0.2) is 15.7 Å². The smallest absolute Gasteiger partial charge is 0.150 e. The second-order valence-corrected chi connectivity index (χ2v) is 6.38. The molecule has 20 heavy (non-hydrogen) atoms. The number of aryl methyl sites for hydroxylation is 2. The van der Waals surface area contributed by atoms with Gasteiger partial charge < -0.3 is 0 Å². The molecule has 0 saturated heterocycles. The van der Waals surface area contributed by atoms with Crippen LogP contribution in [0.25, 0.3) is 0 Å². The summed E-state index contributed by atoms with van der Waals surface area (Å²) in [6.07, 6.45) is 0.345. The van der Waals surface area contributed by atoms with Crippen LogP contribution in [0.1, 0.15) is 16.7 Å². The summed E-state index contributed by atoms with van der Waals surface area (Å²) < 4.78 is 12.3. The number of Topliss-reactive ketones (excluding diaryl/α,β-unsaturated/α-hetero) is 1. The molecular weight excluding hydrogens is 268 g/mol. The standard InChI is InChI=1S/C17H18O2S/c1-13-8-9-14(2)17(10-13)20(19)12-16(18)11-15-6-4-3-5-7-15/h3-10H,11-12H2,1-2H3. The topological polar surface area (TPSA) is 34.1 Å². The molecule has 1 atom stereocenters. The normalized spacial score (nSPS) is 12.1. The first-order chi connectivity index (χ1) is 9.56. The Morgan fingerprint density at radius 2 is 1.75 bits per heavy atom. The van der Waals surface area contributed by atoms with Crippen molar-refractivity contribution in [3.63, 3.8) is 0 Å². The third-order valence-electron chi connectivity index (χ3n) is 3.13. The molecule has 0 spiro atoms. The molecule has 0 aliphatic rings.